The number of pyridine rings is 1. The molecule has 0 spiro atoms. The number of primary amides is 1. The van der Waals surface area contributed by atoms with Crippen molar-refractivity contribution in [1.82, 2.24) is 4.98 Å². The lowest BCUT2D eigenvalue weighted by atomic mass is 10.0. The molecule has 1 aliphatic rings. The van der Waals surface area contributed by atoms with Crippen LogP contribution in [0.5, 0.6) is 0 Å². The number of hydrogen-bond acceptors (Lipinski definition) is 5. The summed E-state index contributed by atoms with van der Waals surface area (Å²) in [6.07, 6.45) is 2.33. The Balaban J connectivity index is 1.92. The van der Waals surface area contributed by atoms with Crippen molar-refractivity contribution < 1.29 is 4.79 Å². The average molecular weight is 281 g/mol. The topological polar surface area (TPSA) is 97.6 Å². The lowest BCUT2D eigenvalue weighted by Gasteiger charge is -2.22. The molecular weight excluding hydrogens is 266 g/mol. The smallest absolute Gasteiger partial charge is 0.248 e. The van der Waals surface area contributed by atoms with Crippen LogP contribution in [-0.4, -0.2) is 16.7 Å². The predicted octanol–water partition coefficient (Wildman–Crippen LogP) is 1.40. The van der Waals surface area contributed by atoms with Gasteiger partial charge in [-0.05, 0) is 29.8 Å². The number of carbonyl (C=O) groups excluding carboxylic acids is 1. The predicted molar refractivity (Wildman–Crippen MR) is 80.7 cm³/mol. The van der Waals surface area contributed by atoms with Gasteiger partial charge in [-0.3, -0.25) is 4.79 Å². The van der Waals surface area contributed by atoms with E-state index in [-0.39, 0.29) is 6.04 Å². The SMILES string of the molecule is NC(=O)c1ccc(C2CC(N)=NN2c2ccccn2)cc1. The minimum atomic E-state index is -0.440. The summed E-state index contributed by atoms with van der Waals surface area (Å²) in [5, 5.41) is 6.15. The standard InChI is InChI=1S/C15H15N5O/c16-13-9-12(10-4-6-11(7-5-10)15(17)21)20(19-13)14-3-1-2-8-18-14/h1-8,12H,9H2,(H2,16,19)(H2,17,21). The molecule has 0 fully saturated rings. The van der Waals surface area contributed by atoms with E-state index in [0.29, 0.717) is 17.8 Å². The molecule has 0 saturated carbocycles. The van der Waals surface area contributed by atoms with E-state index in [4.69, 9.17) is 11.5 Å². The van der Waals surface area contributed by atoms with Gasteiger partial charge in [-0.15, -0.1) is 0 Å². The van der Waals surface area contributed by atoms with Crippen LogP contribution in [0, 0.1) is 0 Å². The van der Waals surface area contributed by atoms with E-state index in [1.54, 1.807) is 23.3 Å². The van der Waals surface area contributed by atoms with Gasteiger partial charge in [0.05, 0.1) is 6.04 Å². The maximum absolute atomic E-state index is 11.1. The first kappa shape index (κ1) is 13.1. The lowest BCUT2D eigenvalue weighted by Crippen LogP contribution is -2.20. The van der Waals surface area contributed by atoms with E-state index in [1.807, 2.05) is 30.3 Å². The normalized spacial score (nSPS) is 17.6. The number of nitrogens with two attached hydrogens (primary N) is 2. The summed E-state index contributed by atoms with van der Waals surface area (Å²) in [7, 11) is 0. The van der Waals surface area contributed by atoms with Crippen LogP contribution in [0.4, 0.5) is 5.82 Å². The van der Waals surface area contributed by atoms with Gasteiger partial charge in [0.15, 0.2) is 0 Å². The van der Waals surface area contributed by atoms with Gasteiger partial charge in [0.1, 0.15) is 11.7 Å². The van der Waals surface area contributed by atoms with E-state index in [2.05, 4.69) is 10.1 Å². The number of amides is 1. The highest BCUT2D eigenvalue weighted by Gasteiger charge is 2.28. The zero-order chi connectivity index (χ0) is 14.8. The van der Waals surface area contributed by atoms with Gasteiger partial charge in [0.25, 0.3) is 0 Å². The molecule has 0 saturated heterocycles. The Hall–Kier alpha value is -2.89. The first-order valence-corrected chi connectivity index (χ1v) is 6.58. The van der Waals surface area contributed by atoms with Gasteiger partial charge in [-0.1, -0.05) is 18.2 Å². The number of rotatable bonds is 3. The number of benzene rings is 1. The highest BCUT2D eigenvalue weighted by atomic mass is 16.1. The van der Waals surface area contributed by atoms with Crippen molar-refractivity contribution in [2.75, 3.05) is 5.01 Å². The Kier molecular flexibility index (Phi) is 3.27. The third-order valence-corrected chi connectivity index (χ3v) is 3.40. The summed E-state index contributed by atoms with van der Waals surface area (Å²) in [4.78, 5) is 15.4. The monoisotopic (exact) mass is 281 g/mol. The van der Waals surface area contributed by atoms with Crippen molar-refractivity contribution in [3.8, 4) is 0 Å². The number of amidine groups is 1. The maximum Gasteiger partial charge on any atom is 0.248 e. The van der Waals surface area contributed by atoms with Crippen LogP contribution >= 0.6 is 0 Å². The van der Waals surface area contributed by atoms with Crippen LogP contribution in [-0.2, 0) is 0 Å². The van der Waals surface area contributed by atoms with E-state index < -0.39 is 5.91 Å². The first-order valence-electron chi connectivity index (χ1n) is 6.58. The van der Waals surface area contributed by atoms with Crippen LogP contribution in [0.2, 0.25) is 0 Å². The Morgan fingerprint density at radius 1 is 1.19 bits per heavy atom. The summed E-state index contributed by atoms with van der Waals surface area (Å²) in [6, 6.07) is 12.8. The van der Waals surface area contributed by atoms with Crippen LogP contribution in [0.3, 0.4) is 0 Å². The molecule has 1 amide bonds. The molecule has 21 heavy (non-hydrogen) atoms. The summed E-state index contributed by atoms with van der Waals surface area (Å²) >= 11 is 0. The fourth-order valence-corrected chi connectivity index (χ4v) is 2.36. The highest BCUT2D eigenvalue weighted by molar-refractivity contribution is 5.92. The van der Waals surface area contributed by atoms with Gasteiger partial charge in [0, 0.05) is 18.2 Å². The van der Waals surface area contributed by atoms with Crippen molar-refractivity contribution in [1.29, 1.82) is 0 Å². The zero-order valence-corrected chi connectivity index (χ0v) is 11.3. The molecular formula is C15H15N5O. The van der Waals surface area contributed by atoms with Gasteiger partial charge < -0.3 is 11.5 Å². The second kappa shape index (κ2) is 5.24. The molecule has 3 rings (SSSR count). The molecule has 106 valence electrons. The van der Waals surface area contributed by atoms with Gasteiger partial charge in [-0.2, -0.15) is 5.10 Å². The minimum absolute atomic E-state index is 0.0261. The van der Waals surface area contributed by atoms with Crippen molar-refractivity contribution in [3.05, 3.63) is 59.8 Å². The molecule has 6 nitrogen and oxygen atoms in total. The van der Waals surface area contributed by atoms with E-state index in [0.717, 1.165) is 11.4 Å². The highest BCUT2D eigenvalue weighted by Crippen LogP contribution is 2.33. The second-order valence-corrected chi connectivity index (χ2v) is 4.83. The number of nitrogens with zero attached hydrogens (tertiary/aromatic N) is 3. The second-order valence-electron chi connectivity index (χ2n) is 4.83. The van der Waals surface area contributed by atoms with Crippen molar-refractivity contribution in [2.24, 2.45) is 16.6 Å². The third kappa shape index (κ3) is 2.55. The summed E-state index contributed by atoms with van der Waals surface area (Å²) in [5.74, 6) is 0.858. The Morgan fingerprint density at radius 3 is 2.57 bits per heavy atom. The number of anilines is 1. The molecule has 2 heterocycles. The van der Waals surface area contributed by atoms with E-state index in [9.17, 15) is 4.79 Å². The fourth-order valence-electron chi connectivity index (χ4n) is 2.36. The van der Waals surface area contributed by atoms with Crippen LogP contribution in [0.15, 0.2) is 53.8 Å². The molecule has 6 heteroatoms. The molecule has 0 radical (unpaired) electrons. The zero-order valence-electron chi connectivity index (χ0n) is 11.3. The third-order valence-electron chi connectivity index (χ3n) is 3.40. The first-order chi connectivity index (χ1) is 10.1. The molecule has 1 unspecified atom stereocenters. The number of aromatic nitrogens is 1. The largest absolute Gasteiger partial charge is 0.386 e. The molecule has 1 atom stereocenters. The summed E-state index contributed by atoms with van der Waals surface area (Å²) < 4.78 is 0. The number of hydrazone groups is 1. The average Bonchev–Trinajstić information content (AvgIpc) is 2.90. The van der Waals surface area contributed by atoms with Crippen LogP contribution in [0.1, 0.15) is 28.4 Å². The number of carbonyl (C=O) groups is 1. The Morgan fingerprint density at radius 2 is 1.95 bits per heavy atom. The van der Waals surface area contributed by atoms with Crippen molar-refractivity contribution in [3.63, 3.8) is 0 Å². The number of hydrogen-bond donors (Lipinski definition) is 2. The quantitative estimate of drug-likeness (QED) is 0.888. The lowest BCUT2D eigenvalue weighted by molar-refractivity contribution is 0.100. The Labute approximate surface area is 122 Å². The molecule has 1 aliphatic heterocycles. The maximum atomic E-state index is 11.1. The van der Waals surface area contributed by atoms with E-state index >= 15 is 0 Å². The fraction of sp³-hybridized carbons (Fsp3) is 0.133. The van der Waals surface area contributed by atoms with Crippen molar-refractivity contribution in [2.45, 2.75) is 12.5 Å². The molecule has 1 aromatic carbocycles. The molecule has 4 N–H and O–H groups in total. The van der Waals surface area contributed by atoms with Crippen LogP contribution < -0.4 is 16.5 Å². The van der Waals surface area contributed by atoms with Gasteiger partial charge >= 0.3 is 0 Å². The van der Waals surface area contributed by atoms with Gasteiger partial charge in [0.2, 0.25) is 5.91 Å². The molecule has 2 aromatic rings. The molecule has 0 bridgehead atoms. The summed E-state index contributed by atoms with van der Waals surface area (Å²) in [5.41, 5.74) is 12.6. The molecule has 1 aromatic heterocycles. The summed E-state index contributed by atoms with van der Waals surface area (Å²) in [6.45, 7) is 0. The van der Waals surface area contributed by atoms with E-state index in [1.165, 1.54) is 0 Å². The van der Waals surface area contributed by atoms with Crippen molar-refractivity contribution >= 4 is 17.6 Å². The van der Waals surface area contributed by atoms with Gasteiger partial charge in [-0.25, -0.2) is 9.99 Å². The Bertz CT molecular complexity index is 681. The van der Waals surface area contributed by atoms with Crippen LogP contribution in [0.25, 0.3) is 0 Å². The molecule has 0 aliphatic carbocycles. The minimum Gasteiger partial charge on any atom is -0.386 e.